The molecule has 0 fully saturated rings. The number of hydrogen-bond acceptors (Lipinski definition) is 4. The molecule has 6 heteroatoms. The molecule has 0 spiro atoms. The van der Waals surface area contributed by atoms with E-state index in [1.165, 1.54) is 6.20 Å². The Bertz CT molecular complexity index is 501. The van der Waals surface area contributed by atoms with Gasteiger partial charge in [0.25, 0.3) is 0 Å². The second kappa shape index (κ2) is 3.49. The summed E-state index contributed by atoms with van der Waals surface area (Å²) < 4.78 is 1.55. The number of nitrogens with two attached hydrogens (primary N) is 1. The van der Waals surface area contributed by atoms with E-state index in [-0.39, 0.29) is 5.84 Å². The van der Waals surface area contributed by atoms with Crippen LogP contribution in [0.15, 0.2) is 24.8 Å². The van der Waals surface area contributed by atoms with Crippen molar-refractivity contribution in [1.82, 2.24) is 19.7 Å². The number of amidine groups is 1. The number of hydrogen-bond donors (Lipinski definition) is 2. The van der Waals surface area contributed by atoms with Crippen LogP contribution in [0.25, 0.3) is 5.82 Å². The van der Waals surface area contributed by atoms with Gasteiger partial charge in [-0.25, -0.2) is 14.6 Å². The molecule has 2 aromatic rings. The second-order valence-electron chi connectivity index (χ2n) is 3.10. The van der Waals surface area contributed by atoms with Crippen LogP contribution in [0.1, 0.15) is 11.3 Å². The van der Waals surface area contributed by atoms with E-state index in [2.05, 4.69) is 15.1 Å². The minimum absolute atomic E-state index is 0.119. The summed E-state index contributed by atoms with van der Waals surface area (Å²) in [6.45, 7) is 1.92. The van der Waals surface area contributed by atoms with Crippen LogP contribution in [-0.2, 0) is 0 Å². The van der Waals surface area contributed by atoms with Crippen LogP contribution < -0.4 is 5.73 Å². The number of nitrogen functional groups attached to an aromatic ring is 1. The van der Waals surface area contributed by atoms with Gasteiger partial charge in [0.15, 0.2) is 5.82 Å². The molecule has 0 saturated carbocycles. The summed E-state index contributed by atoms with van der Waals surface area (Å²) >= 11 is 0. The van der Waals surface area contributed by atoms with E-state index in [1.54, 1.807) is 23.3 Å². The molecule has 3 N–H and O–H groups in total. The highest BCUT2D eigenvalue weighted by Gasteiger charge is 2.10. The van der Waals surface area contributed by atoms with Crippen LogP contribution in [0.2, 0.25) is 0 Å². The van der Waals surface area contributed by atoms with Crippen molar-refractivity contribution in [1.29, 1.82) is 5.41 Å². The van der Waals surface area contributed by atoms with Crippen LogP contribution in [0.5, 0.6) is 0 Å². The maximum absolute atomic E-state index is 7.37. The average molecular weight is 202 g/mol. The molecule has 0 aliphatic carbocycles. The zero-order valence-corrected chi connectivity index (χ0v) is 8.18. The lowest BCUT2D eigenvalue weighted by Gasteiger charge is -2.04. The predicted octanol–water partition coefficient (Wildman–Crippen LogP) is 0.255. The van der Waals surface area contributed by atoms with Gasteiger partial charge in [-0.2, -0.15) is 5.10 Å². The Balaban J connectivity index is 2.57. The van der Waals surface area contributed by atoms with E-state index in [9.17, 15) is 0 Å². The van der Waals surface area contributed by atoms with Crippen molar-refractivity contribution in [2.45, 2.75) is 6.92 Å². The third kappa shape index (κ3) is 1.69. The summed E-state index contributed by atoms with van der Waals surface area (Å²) in [7, 11) is 0. The normalized spacial score (nSPS) is 10.2. The van der Waals surface area contributed by atoms with Crippen LogP contribution >= 0.6 is 0 Å². The van der Waals surface area contributed by atoms with Crippen LogP contribution in [0.4, 0.5) is 0 Å². The largest absolute Gasteiger partial charge is 0.382 e. The first kappa shape index (κ1) is 9.32. The van der Waals surface area contributed by atoms with Gasteiger partial charge in [0.2, 0.25) is 0 Å². The Morgan fingerprint density at radius 3 is 2.73 bits per heavy atom. The highest BCUT2D eigenvalue weighted by molar-refractivity contribution is 5.95. The number of nitrogens with zero attached hydrogens (tertiary/aromatic N) is 4. The number of aryl methyl sites for hydroxylation is 1. The maximum Gasteiger partial charge on any atom is 0.183 e. The van der Waals surface area contributed by atoms with E-state index in [0.717, 1.165) is 5.56 Å². The first-order valence-corrected chi connectivity index (χ1v) is 4.35. The lowest BCUT2D eigenvalue weighted by atomic mass is 10.3. The van der Waals surface area contributed by atoms with Crippen LogP contribution in [-0.4, -0.2) is 25.6 Å². The summed E-state index contributed by atoms with van der Waals surface area (Å²) in [5.41, 5.74) is 6.74. The van der Waals surface area contributed by atoms with Crippen LogP contribution in [0.3, 0.4) is 0 Å². The van der Waals surface area contributed by atoms with E-state index >= 15 is 0 Å². The summed E-state index contributed by atoms with van der Waals surface area (Å²) in [5.74, 6) is 0.351. The molecule has 0 aliphatic rings. The molecular formula is C9H10N6. The van der Waals surface area contributed by atoms with Crippen molar-refractivity contribution in [3.05, 3.63) is 36.0 Å². The molecule has 2 aromatic heterocycles. The Kier molecular flexibility index (Phi) is 2.17. The molecular weight excluding hydrogens is 192 g/mol. The molecule has 0 aliphatic heterocycles. The molecule has 6 nitrogen and oxygen atoms in total. The smallest absolute Gasteiger partial charge is 0.183 e. The predicted molar refractivity (Wildman–Crippen MR) is 54.9 cm³/mol. The quantitative estimate of drug-likeness (QED) is 0.539. The first-order valence-electron chi connectivity index (χ1n) is 4.35. The Morgan fingerprint density at radius 2 is 2.13 bits per heavy atom. The van der Waals surface area contributed by atoms with Gasteiger partial charge in [0, 0.05) is 18.6 Å². The van der Waals surface area contributed by atoms with E-state index in [0.29, 0.717) is 11.5 Å². The highest BCUT2D eigenvalue weighted by atomic mass is 15.3. The van der Waals surface area contributed by atoms with E-state index in [1.807, 2.05) is 6.92 Å². The lowest BCUT2D eigenvalue weighted by molar-refractivity contribution is 0.833. The molecule has 0 radical (unpaired) electrons. The van der Waals surface area contributed by atoms with Crippen molar-refractivity contribution in [3.63, 3.8) is 0 Å². The fourth-order valence-electron chi connectivity index (χ4n) is 1.22. The van der Waals surface area contributed by atoms with Gasteiger partial charge in [0.05, 0.1) is 6.20 Å². The van der Waals surface area contributed by atoms with Crippen molar-refractivity contribution < 1.29 is 0 Å². The monoisotopic (exact) mass is 202 g/mol. The fourth-order valence-corrected chi connectivity index (χ4v) is 1.22. The minimum atomic E-state index is -0.119. The van der Waals surface area contributed by atoms with Crippen molar-refractivity contribution in [2.24, 2.45) is 5.73 Å². The third-order valence-corrected chi connectivity index (χ3v) is 1.86. The molecule has 0 saturated heterocycles. The minimum Gasteiger partial charge on any atom is -0.382 e. The van der Waals surface area contributed by atoms with Gasteiger partial charge in [-0.3, -0.25) is 5.41 Å². The average Bonchev–Trinajstić information content (AvgIpc) is 2.65. The Labute approximate surface area is 86.3 Å². The standard InChI is InChI=1S/C9H10N6/c1-6-4-14-15(5-6)9-7(8(10)11)12-2-3-13-9/h2-5H,1H3,(H3,10,11). The molecule has 0 bridgehead atoms. The molecule has 2 heterocycles. The highest BCUT2D eigenvalue weighted by Crippen LogP contribution is 2.07. The number of aromatic nitrogens is 4. The summed E-state index contributed by atoms with van der Waals surface area (Å²) in [6, 6.07) is 0. The molecule has 0 aromatic carbocycles. The van der Waals surface area contributed by atoms with Gasteiger partial charge in [-0.15, -0.1) is 0 Å². The van der Waals surface area contributed by atoms with E-state index in [4.69, 9.17) is 11.1 Å². The summed E-state index contributed by atoms with van der Waals surface area (Å²) in [5, 5.41) is 11.5. The molecule has 0 amide bonds. The number of nitrogens with one attached hydrogen (secondary N) is 1. The van der Waals surface area contributed by atoms with Gasteiger partial charge >= 0.3 is 0 Å². The molecule has 0 unspecified atom stereocenters. The summed E-state index contributed by atoms with van der Waals surface area (Å²) in [6.07, 6.45) is 6.55. The van der Waals surface area contributed by atoms with Crippen molar-refractivity contribution in [3.8, 4) is 5.82 Å². The molecule has 0 atom stereocenters. The Morgan fingerprint density at radius 1 is 1.40 bits per heavy atom. The zero-order chi connectivity index (χ0) is 10.8. The number of rotatable bonds is 2. The third-order valence-electron chi connectivity index (χ3n) is 1.86. The van der Waals surface area contributed by atoms with Crippen molar-refractivity contribution >= 4 is 5.84 Å². The van der Waals surface area contributed by atoms with Gasteiger partial charge in [-0.05, 0) is 12.5 Å². The molecule has 76 valence electrons. The fraction of sp³-hybridized carbons (Fsp3) is 0.111. The zero-order valence-electron chi connectivity index (χ0n) is 8.18. The maximum atomic E-state index is 7.37. The SMILES string of the molecule is Cc1cnn(-c2nccnc2C(=N)N)c1. The van der Waals surface area contributed by atoms with Gasteiger partial charge < -0.3 is 5.73 Å². The Hall–Kier alpha value is -2.24. The first-order chi connectivity index (χ1) is 7.18. The van der Waals surface area contributed by atoms with Crippen molar-refractivity contribution in [2.75, 3.05) is 0 Å². The van der Waals surface area contributed by atoms with Gasteiger partial charge in [0.1, 0.15) is 11.5 Å². The van der Waals surface area contributed by atoms with Gasteiger partial charge in [-0.1, -0.05) is 0 Å². The molecule has 2 rings (SSSR count). The lowest BCUT2D eigenvalue weighted by Crippen LogP contribution is -2.18. The van der Waals surface area contributed by atoms with E-state index < -0.39 is 0 Å². The second-order valence-corrected chi connectivity index (χ2v) is 3.10. The topological polar surface area (TPSA) is 93.5 Å². The van der Waals surface area contributed by atoms with Crippen LogP contribution in [0, 0.1) is 12.3 Å². The summed E-state index contributed by atoms with van der Waals surface area (Å²) in [4.78, 5) is 8.09. The molecule has 15 heavy (non-hydrogen) atoms.